The Morgan fingerprint density at radius 2 is 1.93 bits per heavy atom. The van der Waals surface area contributed by atoms with Crippen molar-refractivity contribution in [1.29, 1.82) is 0 Å². The third-order valence-corrected chi connectivity index (χ3v) is 5.11. The number of benzene rings is 1. The van der Waals surface area contributed by atoms with Crippen molar-refractivity contribution in [2.45, 2.75) is 25.1 Å². The number of pyridine rings is 1. The maximum atomic E-state index is 12.6. The van der Waals surface area contributed by atoms with Crippen molar-refractivity contribution in [2.75, 3.05) is 13.2 Å². The second kappa shape index (κ2) is 7.98. The molecule has 2 N–H and O–H groups in total. The fourth-order valence-corrected chi connectivity index (χ4v) is 3.57. The summed E-state index contributed by atoms with van der Waals surface area (Å²) in [5.74, 6) is -0.0229. The first-order chi connectivity index (χ1) is 14.3. The molecule has 2 aromatic heterocycles. The molecule has 1 saturated carbocycles. The lowest BCUT2D eigenvalue weighted by atomic mass is 9.81. The van der Waals surface area contributed by atoms with Crippen molar-refractivity contribution in [3.05, 3.63) is 54.5 Å². The molecule has 1 aliphatic rings. The Balaban J connectivity index is 1.61. The molecule has 0 saturated heterocycles. The van der Waals surface area contributed by atoms with Crippen LogP contribution in [-0.4, -0.2) is 45.8 Å². The lowest BCUT2D eigenvalue weighted by molar-refractivity contribution is -0.153. The van der Waals surface area contributed by atoms with E-state index in [1.807, 2.05) is 0 Å². The normalized spacial score (nSPS) is 18.8. The van der Waals surface area contributed by atoms with Crippen LogP contribution < -0.4 is 10.1 Å². The second-order valence-electron chi connectivity index (χ2n) is 7.37. The molecule has 0 atom stereocenters. The summed E-state index contributed by atoms with van der Waals surface area (Å²) in [6, 6.07) is 9.87. The number of aliphatic hydroxyl groups excluding tert-OH is 1. The number of amides is 1. The van der Waals surface area contributed by atoms with Crippen LogP contribution in [0.15, 0.2) is 48.8 Å². The predicted octanol–water partition coefficient (Wildman–Crippen LogP) is 3.44. The molecule has 0 aliphatic heterocycles. The van der Waals surface area contributed by atoms with E-state index in [0.29, 0.717) is 16.8 Å². The number of aliphatic hydroxyl groups is 1. The van der Waals surface area contributed by atoms with Crippen LogP contribution in [0.4, 0.5) is 13.2 Å². The molecule has 30 heavy (non-hydrogen) atoms. The van der Waals surface area contributed by atoms with Gasteiger partial charge in [-0.1, -0.05) is 18.2 Å². The Hall–Kier alpha value is -3.07. The molecule has 1 aromatic carbocycles. The van der Waals surface area contributed by atoms with Gasteiger partial charge in [0.2, 0.25) is 0 Å². The molecule has 158 valence electrons. The summed E-state index contributed by atoms with van der Waals surface area (Å²) in [5, 5.41) is 12.0. The number of halogens is 3. The van der Waals surface area contributed by atoms with Gasteiger partial charge in [-0.25, -0.2) is 4.98 Å². The third kappa shape index (κ3) is 4.25. The van der Waals surface area contributed by atoms with E-state index >= 15 is 0 Å². The van der Waals surface area contributed by atoms with E-state index in [1.54, 1.807) is 47.1 Å². The first-order valence-electron chi connectivity index (χ1n) is 9.52. The lowest BCUT2D eigenvalue weighted by Crippen LogP contribution is -2.45. The molecule has 1 fully saturated rings. The number of fused-ring (bicyclic) bond motifs is 1. The fraction of sp³-hybridized carbons (Fsp3) is 0.333. The zero-order valence-corrected chi connectivity index (χ0v) is 15.9. The van der Waals surface area contributed by atoms with Gasteiger partial charge in [-0.15, -0.1) is 0 Å². The molecular formula is C21H20F3N3O3. The summed E-state index contributed by atoms with van der Waals surface area (Å²) in [6.45, 7) is -1.29. The molecule has 6 nitrogen and oxygen atoms in total. The summed E-state index contributed by atoms with van der Waals surface area (Å²) in [7, 11) is 0. The van der Waals surface area contributed by atoms with E-state index in [-0.39, 0.29) is 35.9 Å². The second-order valence-corrected chi connectivity index (χ2v) is 7.37. The first-order valence-corrected chi connectivity index (χ1v) is 9.52. The van der Waals surface area contributed by atoms with E-state index in [2.05, 4.69) is 10.3 Å². The van der Waals surface area contributed by atoms with Gasteiger partial charge in [0.05, 0.1) is 0 Å². The maximum absolute atomic E-state index is 12.6. The number of carbonyl (C=O) groups is 1. The van der Waals surface area contributed by atoms with Crippen LogP contribution in [0.3, 0.4) is 0 Å². The van der Waals surface area contributed by atoms with Crippen LogP contribution in [0.5, 0.6) is 5.75 Å². The van der Waals surface area contributed by atoms with E-state index in [4.69, 9.17) is 9.84 Å². The zero-order chi connectivity index (χ0) is 21.3. The van der Waals surface area contributed by atoms with Crippen molar-refractivity contribution < 1.29 is 27.8 Å². The van der Waals surface area contributed by atoms with Crippen LogP contribution in [0.2, 0.25) is 0 Å². The van der Waals surface area contributed by atoms with Crippen molar-refractivity contribution >= 4 is 11.6 Å². The van der Waals surface area contributed by atoms with Crippen molar-refractivity contribution in [2.24, 2.45) is 5.92 Å². The third-order valence-electron chi connectivity index (χ3n) is 5.11. The van der Waals surface area contributed by atoms with Gasteiger partial charge < -0.3 is 19.6 Å². The van der Waals surface area contributed by atoms with E-state index in [1.165, 1.54) is 6.07 Å². The molecule has 1 aliphatic carbocycles. The number of rotatable bonds is 6. The summed E-state index contributed by atoms with van der Waals surface area (Å²) in [6.07, 6.45) is 0.298. The minimum Gasteiger partial charge on any atom is -0.483 e. The first kappa shape index (κ1) is 20.2. The van der Waals surface area contributed by atoms with Gasteiger partial charge in [0.15, 0.2) is 6.61 Å². The number of hydrogen-bond acceptors (Lipinski definition) is 4. The van der Waals surface area contributed by atoms with Gasteiger partial charge in [0, 0.05) is 36.2 Å². The Morgan fingerprint density at radius 1 is 1.20 bits per heavy atom. The Labute approximate surface area is 170 Å². The number of nitrogens with zero attached hydrogens (tertiary/aromatic N) is 2. The monoisotopic (exact) mass is 419 g/mol. The average molecular weight is 419 g/mol. The van der Waals surface area contributed by atoms with Crippen molar-refractivity contribution in [3.63, 3.8) is 0 Å². The number of para-hydroxylation sites is 1. The number of imidazole rings is 1. The summed E-state index contributed by atoms with van der Waals surface area (Å²) < 4.78 is 44.5. The highest BCUT2D eigenvalue weighted by atomic mass is 19.4. The van der Waals surface area contributed by atoms with E-state index < -0.39 is 12.8 Å². The molecule has 0 bridgehead atoms. The van der Waals surface area contributed by atoms with Crippen molar-refractivity contribution in [1.82, 2.24) is 14.7 Å². The fourth-order valence-electron chi connectivity index (χ4n) is 3.57. The minimum atomic E-state index is -4.45. The van der Waals surface area contributed by atoms with Gasteiger partial charge >= 0.3 is 6.18 Å². The van der Waals surface area contributed by atoms with Crippen LogP contribution in [0.25, 0.3) is 16.8 Å². The molecule has 3 aromatic rings. The van der Waals surface area contributed by atoms with Gasteiger partial charge in [0.25, 0.3) is 5.91 Å². The van der Waals surface area contributed by atoms with Crippen LogP contribution in [0, 0.1) is 5.92 Å². The van der Waals surface area contributed by atoms with Gasteiger partial charge in [0.1, 0.15) is 17.1 Å². The Morgan fingerprint density at radius 3 is 2.67 bits per heavy atom. The summed E-state index contributed by atoms with van der Waals surface area (Å²) in [4.78, 5) is 17.0. The van der Waals surface area contributed by atoms with Crippen LogP contribution >= 0.6 is 0 Å². The summed E-state index contributed by atoms with van der Waals surface area (Å²) in [5.41, 5.74) is 1.66. The minimum absolute atomic E-state index is 0.00965. The zero-order valence-electron chi connectivity index (χ0n) is 15.9. The van der Waals surface area contributed by atoms with Crippen LogP contribution in [0.1, 0.15) is 23.3 Å². The van der Waals surface area contributed by atoms with Gasteiger partial charge in [-0.05, 0) is 37.0 Å². The Bertz CT molecular complexity index is 1060. The highest BCUT2D eigenvalue weighted by Crippen LogP contribution is 2.33. The predicted molar refractivity (Wildman–Crippen MR) is 103 cm³/mol. The number of carbonyl (C=O) groups excluding carboxylic acids is 1. The molecule has 0 radical (unpaired) electrons. The molecule has 0 spiro atoms. The van der Waals surface area contributed by atoms with Gasteiger partial charge in [-0.3, -0.25) is 4.79 Å². The largest absolute Gasteiger partial charge is 0.483 e. The molecule has 4 rings (SSSR count). The maximum Gasteiger partial charge on any atom is 0.422 e. The van der Waals surface area contributed by atoms with Crippen LogP contribution in [-0.2, 0) is 0 Å². The lowest BCUT2D eigenvalue weighted by Gasteiger charge is -2.34. The quantitative estimate of drug-likeness (QED) is 0.642. The topological polar surface area (TPSA) is 75.9 Å². The van der Waals surface area contributed by atoms with Gasteiger partial charge in [-0.2, -0.15) is 13.2 Å². The number of ether oxygens (including phenoxy) is 1. The number of alkyl halides is 3. The standard InChI is InChI=1S/C21H20F3N3O3/c22-21(23,24)12-30-18-6-2-1-4-15(18)16-5-3-7-27-10-17(26-19(16)27)20(29)25-14-8-13(9-14)11-28/h1-7,10,13-14,28H,8-9,11-12H2,(H,25,29)/t13-,14+. The van der Waals surface area contributed by atoms with E-state index in [9.17, 15) is 18.0 Å². The SMILES string of the molecule is O=C(N[C@H]1C[C@@H](CO)C1)c1cn2cccc(-c3ccccc3OCC(F)(F)F)c2n1. The summed E-state index contributed by atoms with van der Waals surface area (Å²) >= 11 is 0. The van der Waals surface area contributed by atoms with Crippen molar-refractivity contribution in [3.8, 4) is 16.9 Å². The smallest absolute Gasteiger partial charge is 0.422 e. The molecule has 0 unspecified atom stereocenters. The number of aromatic nitrogens is 2. The highest BCUT2D eigenvalue weighted by molar-refractivity contribution is 5.94. The molecule has 9 heteroatoms. The molecular weight excluding hydrogens is 399 g/mol. The molecule has 1 amide bonds. The van der Waals surface area contributed by atoms with E-state index in [0.717, 1.165) is 12.8 Å². The molecule has 2 heterocycles. The number of nitrogens with one attached hydrogen (secondary N) is 1. The average Bonchev–Trinajstić information content (AvgIpc) is 3.13. The highest BCUT2D eigenvalue weighted by Gasteiger charge is 2.31. The number of hydrogen-bond donors (Lipinski definition) is 2. The Kier molecular flexibility index (Phi) is 5.38.